The van der Waals surface area contributed by atoms with Crippen LogP contribution >= 0.6 is 11.8 Å². The summed E-state index contributed by atoms with van der Waals surface area (Å²) >= 11 is 1.59. The molecular formula is C14H13NO2S. The predicted molar refractivity (Wildman–Crippen MR) is 72.8 cm³/mol. The van der Waals surface area contributed by atoms with Crippen molar-refractivity contribution in [2.45, 2.75) is 16.2 Å². The molecule has 0 saturated carbocycles. The zero-order valence-electron chi connectivity index (χ0n) is 9.67. The van der Waals surface area contributed by atoms with Crippen LogP contribution in [0.4, 0.5) is 5.69 Å². The predicted octanol–water partition coefficient (Wildman–Crippen LogP) is 3.05. The highest BCUT2D eigenvalue weighted by Crippen LogP contribution is 2.28. The highest BCUT2D eigenvalue weighted by Gasteiger charge is 2.02. The van der Waals surface area contributed by atoms with Gasteiger partial charge in [-0.15, -0.1) is 0 Å². The fourth-order valence-electron chi connectivity index (χ4n) is 1.57. The zero-order valence-corrected chi connectivity index (χ0v) is 10.5. The first-order valence-corrected chi connectivity index (χ1v) is 6.29. The van der Waals surface area contributed by atoms with E-state index in [1.807, 2.05) is 48.5 Å². The van der Waals surface area contributed by atoms with E-state index in [4.69, 9.17) is 10.8 Å². The lowest BCUT2D eigenvalue weighted by molar-refractivity contribution is -0.136. The van der Waals surface area contributed by atoms with Crippen molar-refractivity contribution >= 4 is 23.4 Å². The molecule has 0 bridgehead atoms. The molecule has 92 valence electrons. The Balaban J connectivity index is 2.13. The SMILES string of the molecule is Nc1ccc(Sc2cccc(CC(=O)O)c2)cc1. The third-order valence-electron chi connectivity index (χ3n) is 2.37. The van der Waals surface area contributed by atoms with Gasteiger partial charge in [0, 0.05) is 15.5 Å². The van der Waals surface area contributed by atoms with Gasteiger partial charge in [0.1, 0.15) is 0 Å². The van der Waals surface area contributed by atoms with E-state index in [0.29, 0.717) is 0 Å². The third kappa shape index (κ3) is 3.53. The Labute approximate surface area is 110 Å². The van der Waals surface area contributed by atoms with Crippen LogP contribution in [0.2, 0.25) is 0 Å². The summed E-state index contributed by atoms with van der Waals surface area (Å²) in [5.41, 5.74) is 7.17. The van der Waals surface area contributed by atoms with Gasteiger partial charge in [-0.1, -0.05) is 23.9 Å². The van der Waals surface area contributed by atoms with Crippen molar-refractivity contribution in [1.29, 1.82) is 0 Å². The summed E-state index contributed by atoms with van der Waals surface area (Å²) in [7, 11) is 0. The van der Waals surface area contributed by atoms with Crippen LogP contribution in [-0.4, -0.2) is 11.1 Å². The maximum atomic E-state index is 10.7. The van der Waals surface area contributed by atoms with Crippen LogP contribution in [0.15, 0.2) is 58.3 Å². The Morgan fingerprint density at radius 3 is 2.50 bits per heavy atom. The molecule has 0 saturated heterocycles. The largest absolute Gasteiger partial charge is 0.481 e. The average molecular weight is 259 g/mol. The number of nitrogens with two attached hydrogens (primary N) is 1. The lowest BCUT2D eigenvalue weighted by atomic mass is 10.2. The van der Waals surface area contributed by atoms with Crippen molar-refractivity contribution in [2.75, 3.05) is 5.73 Å². The van der Waals surface area contributed by atoms with Gasteiger partial charge >= 0.3 is 5.97 Å². The minimum Gasteiger partial charge on any atom is -0.481 e. The molecule has 4 heteroatoms. The fourth-order valence-corrected chi connectivity index (χ4v) is 2.47. The first kappa shape index (κ1) is 12.5. The number of hydrogen-bond donors (Lipinski definition) is 2. The van der Waals surface area contributed by atoms with Crippen molar-refractivity contribution < 1.29 is 9.90 Å². The van der Waals surface area contributed by atoms with Gasteiger partial charge in [0.15, 0.2) is 0 Å². The van der Waals surface area contributed by atoms with E-state index >= 15 is 0 Å². The second kappa shape index (κ2) is 5.60. The number of aliphatic carboxylic acids is 1. The fraction of sp³-hybridized carbons (Fsp3) is 0.0714. The lowest BCUT2D eigenvalue weighted by Crippen LogP contribution is -1.99. The van der Waals surface area contributed by atoms with Crippen LogP contribution in [-0.2, 0) is 11.2 Å². The second-order valence-corrected chi connectivity index (χ2v) is 5.04. The maximum Gasteiger partial charge on any atom is 0.307 e. The third-order valence-corrected chi connectivity index (χ3v) is 3.37. The monoisotopic (exact) mass is 259 g/mol. The molecule has 2 rings (SSSR count). The van der Waals surface area contributed by atoms with Crippen LogP contribution in [0.1, 0.15) is 5.56 Å². The maximum absolute atomic E-state index is 10.7. The van der Waals surface area contributed by atoms with Crippen LogP contribution in [0.3, 0.4) is 0 Å². The Morgan fingerprint density at radius 1 is 1.11 bits per heavy atom. The van der Waals surface area contributed by atoms with Crippen LogP contribution in [0.5, 0.6) is 0 Å². The number of hydrogen-bond acceptors (Lipinski definition) is 3. The number of anilines is 1. The van der Waals surface area contributed by atoms with Gasteiger partial charge < -0.3 is 10.8 Å². The molecule has 2 aromatic rings. The summed E-state index contributed by atoms with van der Waals surface area (Å²) in [4.78, 5) is 12.8. The van der Waals surface area contributed by atoms with Gasteiger partial charge in [0.05, 0.1) is 6.42 Å². The van der Waals surface area contributed by atoms with Gasteiger partial charge in [0.2, 0.25) is 0 Å². The van der Waals surface area contributed by atoms with E-state index in [1.54, 1.807) is 11.8 Å². The van der Waals surface area contributed by atoms with Gasteiger partial charge in [-0.2, -0.15) is 0 Å². The zero-order chi connectivity index (χ0) is 13.0. The molecule has 0 aliphatic carbocycles. The first-order chi connectivity index (χ1) is 8.63. The van der Waals surface area contributed by atoms with Crippen molar-refractivity contribution in [3.8, 4) is 0 Å². The highest BCUT2D eigenvalue weighted by atomic mass is 32.2. The number of nitrogen functional groups attached to an aromatic ring is 1. The summed E-state index contributed by atoms with van der Waals surface area (Å²) in [6.45, 7) is 0. The average Bonchev–Trinajstić information content (AvgIpc) is 2.32. The second-order valence-electron chi connectivity index (χ2n) is 3.89. The van der Waals surface area contributed by atoms with E-state index in [-0.39, 0.29) is 6.42 Å². The van der Waals surface area contributed by atoms with Crippen LogP contribution < -0.4 is 5.73 Å². The van der Waals surface area contributed by atoms with Crippen molar-refractivity contribution in [3.05, 3.63) is 54.1 Å². The standard InChI is InChI=1S/C14H13NO2S/c15-11-4-6-12(7-5-11)18-13-3-1-2-10(8-13)9-14(16)17/h1-8H,9,15H2,(H,16,17). The molecule has 0 atom stereocenters. The molecule has 0 spiro atoms. The molecular weight excluding hydrogens is 246 g/mol. The van der Waals surface area contributed by atoms with Crippen LogP contribution in [0, 0.1) is 0 Å². The molecule has 0 unspecified atom stereocenters. The van der Waals surface area contributed by atoms with Crippen molar-refractivity contribution in [3.63, 3.8) is 0 Å². The van der Waals surface area contributed by atoms with Gasteiger partial charge in [0.25, 0.3) is 0 Å². The topological polar surface area (TPSA) is 63.3 Å². The first-order valence-electron chi connectivity index (χ1n) is 5.47. The molecule has 3 nitrogen and oxygen atoms in total. The molecule has 0 aliphatic rings. The highest BCUT2D eigenvalue weighted by molar-refractivity contribution is 7.99. The summed E-state index contributed by atoms with van der Waals surface area (Å²) in [6, 6.07) is 15.2. The number of benzene rings is 2. The summed E-state index contributed by atoms with van der Waals surface area (Å²) in [5, 5.41) is 8.76. The Kier molecular flexibility index (Phi) is 3.89. The number of rotatable bonds is 4. The van der Waals surface area contributed by atoms with Crippen molar-refractivity contribution in [2.24, 2.45) is 0 Å². The van der Waals surface area contributed by atoms with E-state index in [9.17, 15) is 4.79 Å². The summed E-state index contributed by atoms with van der Waals surface area (Å²) in [5.74, 6) is -0.815. The Morgan fingerprint density at radius 2 is 1.83 bits per heavy atom. The van der Waals surface area contributed by atoms with Gasteiger partial charge in [-0.25, -0.2) is 0 Å². The minimum absolute atomic E-state index is 0.0517. The van der Waals surface area contributed by atoms with Gasteiger partial charge in [-0.3, -0.25) is 4.79 Å². The quantitative estimate of drug-likeness (QED) is 0.828. The van der Waals surface area contributed by atoms with Crippen LogP contribution in [0.25, 0.3) is 0 Å². The summed E-state index contributed by atoms with van der Waals surface area (Å²) in [6.07, 6.45) is 0.0517. The minimum atomic E-state index is -0.815. The number of carboxylic acid groups (broad SMARTS) is 1. The number of carbonyl (C=O) groups is 1. The molecule has 0 amide bonds. The molecule has 18 heavy (non-hydrogen) atoms. The van der Waals surface area contributed by atoms with E-state index in [1.165, 1.54) is 0 Å². The normalized spacial score (nSPS) is 10.2. The van der Waals surface area contributed by atoms with Crippen molar-refractivity contribution in [1.82, 2.24) is 0 Å². The number of carboxylic acids is 1. The molecule has 0 heterocycles. The Bertz CT molecular complexity index is 552. The Hall–Kier alpha value is -1.94. The molecule has 0 aliphatic heterocycles. The molecule has 0 radical (unpaired) electrons. The van der Waals surface area contributed by atoms with E-state index in [0.717, 1.165) is 21.0 Å². The molecule has 2 aromatic carbocycles. The molecule has 0 fully saturated rings. The smallest absolute Gasteiger partial charge is 0.307 e. The molecule has 3 N–H and O–H groups in total. The molecule has 0 aromatic heterocycles. The summed E-state index contributed by atoms with van der Waals surface area (Å²) < 4.78 is 0. The lowest BCUT2D eigenvalue weighted by Gasteiger charge is -2.04. The van der Waals surface area contributed by atoms with Gasteiger partial charge in [-0.05, 0) is 42.0 Å². The van der Waals surface area contributed by atoms with E-state index < -0.39 is 5.97 Å². The van der Waals surface area contributed by atoms with E-state index in [2.05, 4.69) is 0 Å².